The largest absolute Gasteiger partial charge is 0.491 e. The Bertz CT molecular complexity index is 848. The summed E-state index contributed by atoms with van der Waals surface area (Å²) in [5, 5.41) is 1.92. The fourth-order valence-electron chi connectivity index (χ4n) is 2.12. The van der Waals surface area contributed by atoms with E-state index in [-0.39, 0.29) is 6.10 Å². The summed E-state index contributed by atoms with van der Waals surface area (Å²) in [7, 11) is -2.20. The first kappa shape index (κ1) is 20.7. The number of amides is 1. The highest BCUT2D eigenvalue weighted by atomic mass is 79.9. The number of hydrogen-bond acceptors (Lipinski definition) is 5. The Morgan fingerprint density at radius 1 is 1.31 bits per heavy atom. The Morgan fingerprint density at radius 3 is 2.50 bits per heavy atom. The van der Waals surface area contributed by atoms with E-state index in [9.17, 15) is 13.2 Å². The molecule has 0 aliphatic rings. The molecule has 9 heteroatoms. The van der Waals surface area contributed by atoms with Crippen molar-refractivity contribution < 1.29 is 17.9 Å². The molecule has 0 spiro atoms. The first-order valence-electron chi connectivity index (χ1n) is 7.89. The summed E-state index contributed by atoms with van der Waals surface area (Å²) in [5.74, 6) is -0.428. The van der Waals surface area contributed by atoms with Gasteiger partial charge in [-0.2, -0.15) is 0 Å². The fourth-order valence-corrected chi connectivity index (χ4v) is 4.74. The molecule has 1 aromatic carbocycles. The molecule has 142 valence electrons. The van der Waals surface area contributed by atoms with Crippen LogP contribution in [0.5, 0.6) is 5.75 Å². The summed E-state index contributed by atoms with van der Waals surface area (Å²) in [6, 6.07) is 8.47. The molecule has 0 saturated carbocycles. The van der Waals surface area contributed by atoms with Gasteiger partial charge in [0.15, 0.2) is 0 Å². The molecule has 0 fully saturated rings. The van der Waals surface area contributed by atoms with E-state index < -0.39 is 21.7 Å². The maximum absolute atomic E-state index is 12.2. The molecule has 0 aliphatic heterocycles. The van der Waals surface area contributed by atoms with Gasteiger partial charge >= 0.3 is 0 Å². The van der Waals surface area contributed by atoms with E-state index in [2.05, 4.69) is 20.7 Å². The van der Waals surface area contributed by atoms with Crippen molar-refractivity contribution in [2.45, 2.75) is 26.5 Å². The quantitative estimate of drug-likeness (QED) is 0.651. The van der Waals surface area contributed by atoms with E-state index in [0.29, 0.717) is 18.0 Å². The van der Waals surface area contributed by atoms with E-state index in [0.717, 1.165) is 9.35 Å². The van der Waals surface area contributed by atoms with E-state index in [1.807, 2.05) is 25.3 Å². The average molecular weight is 461 g/mol. The van der Waals surface area contributed by atoms with Crippen LogP contribution in [0.3, 0.4) is 0 Å². The molecule has 2 rings (SSSR count). The van der Waals surface area contributed by atoms with Crippen molar-refractivity contribution in [3.05, 3.63) is 45.1 Å². The SMILES string of the molecule is CC(C)Oc1ccc(NS(=O)(=O)CC(=O)N(C)Cc2cc(Br)cs2)cc1. The second-order valence-electron chi connectivity index (χ2n) is 6.03. The zero-order valence-electron chi connectivity index (χ0n) is 14.7. The van der Waals surface area contributed by atoms with Crippen molar-refractivity contribution in [3.63, 3.8) is 0 Å². The van der Waals surface area contributed by atoms with Gasteiger partial charge < -0.3 is 9.64 Å². The number of carbonyl (C=O) groups is 1. The predicted molar refractivity (Wildman–Crippen MR) is 108 cm³/mol. The summed E-state index contributed by atoms with van der Waals surface area (Å²) >= 11 is 4.86. The fraction of sp³-hybridized carbons (Fsp3) is 0.353. The second kappa shape index (κ2) is 8.88. The van der Waals surface area contributed by atoms with Crippen LogP contribution < -0.4 is 9.46 Å². The molecule has 2 aromatic rings. The lowest BCUT2D eigenvalue weighted by Gasteiger charge is -2.17. The highest BCUT2D eigenvalue weighted by molar-refractivity contribution is 9.10. The number of carbonyl (C=O) groups excluding carboxylic acids is 1. The van der Waals surface area contributed by atoms with Crippen LogP contribution in [0.2, 0.25) is 0 Å². The van der Waals surface area contributed by atoms with Crippen LogP contribution in [0.15, 0.2) is 40.2 Å². The van der Waals surface area contributed by atoms with Gasteiger partial charge in [0.1, 0.15) is 11.5 Å². The van der Waals surface area contributed by atoms with Crippen LogP contribution in [-0.2, 0) is 21.4 Å². The lowest BCUT2D eigenvalue weighted by molar-refractivity contribution is -0.127. The molecule has 0 aliphatic carbocycles. The number of benzene rings is 1. The second-order valence-corrected chi connectivity index (χ2v) is 9.67. The number of sulfonamides is 1. The molecule has 6 nitrogen and oxygen atoms in total. The van der Waals surface area contributed by atoms with Crippen LogP contribution >= 0.6 is 27.3 Å². The van der Waals surface area contributed by atoms with E-state index in [4.69, 9.17) is 4.74 Å². The standard InChI is InChI=1S/C17H21BrN2O4S2/c1-12(2)24-15-6-4-14(5-7-15)19-26(22,23)11-17(21)20(3)9-16-8-13(18)10-25-16/h4-8,10,12,19H,9,11H2,1-3H3. The van der Waals surface area contributed by atoms with E-state index >= 15 is 0 Å². The number of thiophene rings is 1. The summed E-state index contributed by atoms with van der Waals surface area (Å²) < 4.78 is 33.4. The Morgan fingerprint density at radius 2 is 1.96 bits per heavy atom. The number of nitrogens with zero attached hydrogens (tertiary/aromatic N) is 1. The number of halogens is 1. The number of anilines is 1. The lowest BCUT2D eigenvalue weighted by atomic mass is 10.3. The van der Waals surface area contributed by atoms with Crippen molar-refractivity contribution >= 4 is 48.9 Å². The molecular weight excluding hydrogens is 440 g/mol. The highest BCUT2D eigenvalue weighted by Gasteiger charge is 2.20. The zero-order valence-corrected chi connectivity index (χ0v) is 17.9. The molecule has 0 radical (unpaired) electrons. The Labute approximate surface area is 166 Å². The summed E-state index contributed by atoms with van der Waals surface area (Å²) in [4.78, 5) is 14.6. The Kier molecular flexibility index (Phi) is 7.08. The average Bonchev–Trinajstić information content (AvgIpc) is 2.93. The maximum Gasteiger partial charge on any atom is 0.241 e. The molecule has 1 N–H and O–H groups in total. The summed E-state index contributed by atoms with van der Waals surface area (Å²) in [5.41, 5.74) is 0.388. The van der Waals surface area contributed by atoms with Crippen molar-refractivity contribution in [2.75, 3.05) is 17.5 Å². The monoisotopic (exact) mass is 460 g/mol. The molecule has 1 heterocycles. The van der Waals surface area contributed by atoms with Crippen molar-refractivity contribution in [3.8, 4) is 5.75 Å². The number of ether oxygens (including phenoxy) is 1. The molecule has 0 bridgehead atoms. The van der Waals surface area contributed by atoms with Crippen LogP contribution in [-0.4, -0.2) is 38.1 Å². The maximum atomic E-state index is 12.2. The molecule has 1 amide bonds. The molecule has 0 unspecified atom stereocenters. The predicted octanol–water partition coefficient (Wildman–Crippen LogP) is 3.70. The van der Waals surface area contributed by atoms with Gasteiger partial charge in [-0.3, -0.25) is 9.52 Å². The smallest absolute Gasteiger partial charge is 0.241 e. The number of nitrogens with one attached hydrogen (secondary N) is 1. The van der Waals surface area contributed by atoms with Gasteiger partial charge in [0.05, 0.1) is 12.6 Å². The summed E-state index contributed by atoms with van der Waals surface area (Å²) in [6.07, 6.45) is 0.0367. The van der Waals surface area contributed by atoms with Crippen LogP contribution in [0.4, 0.5) is 5.69 Å². The van der Waals surface area contributed by atoms with Crippen LogP contribution in [0.25, 0.3) is 0 Å². The minimum Gasteiger partial charge on any atom is -0.491 e. The minimum absolute atomic E-state index is 0.0367. The van der Waals surface area contributed by atoms with Gasteiger partial charge in [-0.05, 0) is 60.1 Å². The van der Waals surface area contributed by atoms with E-state index in [1.165, 1.54) is 16.2 Å². The summed E-state index contributed by atoms with van der Waals surface area (Å²) in [6.45, 7) is 4.19. The third-order valence-electron chi connectivity index (χ3n) is 3.25. The number of rotatable bonds is 8. The lowest BCUT2D eigenvalue weighted by Crippen LogP contribution is -2.34. The van der Waals surface area contributed by atoms with Crippen LogP contribution in [0.1, 0.15) is 18.7 Å². The first-order valence-corrected chi connectivity index (χ1v) is 11.2. The van der Waals surface area contributed by atoms with E-state index in [1.54, 1.807) is 31.3 Å². The minimum atomic E-state index is -3.79. The van der Waals surface area contributed by atoms with Gasteiger partial charge in [0, 0.05) is 27.5 Å². The van der Waals surface area contributed by atoms with Crippen molar-refractivity contribution in [2.24, 2.45) is 0 Å². The Balaban J connectivity index is 1.93. The molecular formula is C17H21BrN2O4S2. The van der Waals surface area contributed by atoms with Crippen molar-refractivity contribution in [1.29, 1.82) is 0 Å². The molecule has 0 saturated heterocycles. The molecule has 1 aromatic heterocycles. The topological polar surface area (TPSA) is 75.7 Å². The number of hydrogen-bond donors (Lipinski definition) is 1. The van der Waals surface area contributed by atoms with Crippen LogP contribution in [0, 0.1) is 0 Å². The van der Waals surface area contributed by atoms with Gasteiger partial charge in [-0.1, -0.05) is 0 Å². The van der Waals surface area contributed by atoms with Gasteiger partial charge in [-0.25, -0.2) is 8.42 Å². The zero-order chi connectivity index (χ0) is 19.3. The molecule has 26 heavy (non-hydrogen) atoms. The highest BCUT2D eigenvalue weighted by Crippen LogP contribution is 2.21. The Hall–Kier alpha value is -1.58. The first-order chi connectivity index (χ1) is 12.1. The van der Waals surface area contributed by atoms with Gasteiger partial charge in [0.2, 0.25) is 15.9 Å². The van der Waals surface area contributed by atoms with Gasteiger partial charge in [0.25, 0.3) is 0 Å². The van der Waals surface area contributed by atoms with Crippen molar-refractivity contribution in [1.82, 2.24) is 4.90 Å². The van der Waals surface area contributed by atoms with Gasteiger partial charge in [-0.15, -0.1) is 11.3 Å². The normalized spacial score (nSPS) is 11.4. The third kappa shape index (κ3) is 6.62. The third-order valence-corrected chi connectivity index (χ3v) is 6.11. The molecule has 0 atom stereocenters.